The van der Waals surface area contributed by atoms with Gasteiger partial charge in [-0.05, 0) is 36.8 Å². The van der Waals surface area contributed by atoms with Crippen molar-refractivity contribution in [3.05, 3.63) is 58.4 Å². The second-order valence-corrected chi connectivity index (χ2v) is 4.37. The topological polar surface area (TPSA) is 46.5 Å². The molecule has 2 aromatic carbocycles. The van der Waals surface area contributed by atoms with Gasteiger partial charge in [-0.15, -0.1) is 0 Å². The first-order chi connectivity index (χ1) is 8.97. The molecule has 0 bridgehead atoms. The smallest absolute Gasteiger partial charge is 0.335 e. The zero-order valence-corrected chi connectivity index (χ0v) is 10.7. The number of carboxylic acids is 1. The van der Waals surface area contributed by atoms with Gasteiger partial charge in [0.05, 0.1) is 10.6 Å². The number of aromatic carboxylic acids is 1. The lowest BCUT2D eigenvalue weighted by molar-refractivity contribution is 0.0697. The van der Waals surface area contributed by atoms with E-state index in [1.807, 2.05) is 0 Å². The van der Waals surface area contributed by atoms with E-state index >= 15 is 0 Å². The van der Waals surface area contributed by atoms with Gasteiger partial charge in [0.15, 0.2) is 0 Å². The summed E-state index contributed by atoms with van der Waals surface area (Å²) in [7, 11) is 0. The van der Waals surface area contributed by atoms with Crippen molar-refractivity contribution in [3.8, 4) is 11.5 Å². The molecule has 0 aliphatic carbocycles. The summed E-state index contributed by atoms with van der Waals surface area (Å²) in [5, 5.41) is 8.98. The van der Waals surface area contributed by atoms with E-state index in [0.717, 1.165) is 5.56 Å². The maximum Gasteiger partial charge on any atom is 0.335 e. The SMILES string of the molecule is Cc1ccc(F)cc1Oc1ccc(C(=O)O)cc1Cl. The summed E-state index contributed by atoms with van der Waals surface area (Å²) in [6.07, 6.45) is 0. The molecule has 0 saturated carbocycles. The highest BCUT2D eigenvalue weighted by atomic mass is 35.5. The predicted octanol–water partition coefficient (Wildman–Crippen LogP) is 4.28. The monoisotopic (exact) mass is 280 g/mol. The Morgan fingerprint density at radius 1 is 1.21 bits per heavy atom. The van der Waals surface area contributed by atoms with Crippen molar-refractivity contribution in [1.82, 2.24) is 0 Å². The van der Waals surface area contributed by atoms with E-state index in [1.165, 1.54) is 30.3 Å². The van der Waals surface area contributed by atoms with Gasteiger partial charge in [0.1, 0.15) is 17.3 Å². The van der Waals surface area contributed by atoms with E-state index in [-0.39, 0.29) is 16.3 Å². The number of aryl methyl sites for hydroxylation is 1. The summed E-state index contributed by atoms with van der Waals surface area (Å²) in [4.78, 5) is 10.8. The first-order valence-electron chi connectivity index (χ1n) is 5.44. The van der Waals surface area contributed by atoms with Crippen LogP contribution in [0.25, 0.3) is 0 Å². The van der Waals surface area contributed by atoms with Crippen LogP contribution in [0.5, 0.6) is 11.5 Å². The van der Waals surface area contributed by atoms with Gasteiger partial charge in [-0.3, -0.25) is 0 Å². The molecule has 0 atom stereocenters. The molecular formula is C14H10ClFO3. The molecular weight excluding hydrogens is 271 g/mol. The first kappa shape index (κ1) is 13.4. The lowest BCUT2D eigenvalue weighted by Gasteiger charge is -2.10. The molecule has 2 rings (SSSR count). The van der Waals surface area contributed by atoms with Crippen LogP contribution >= 0.6 is 11.6 Å². The Morgan fingerprint density at radius 2 is 1.95 bits per heavy atom. The number of benzene rings is 2. The molecule has 2 aromatic rings. The fourth-order valence-corrected chi connectivity index (χ4v) is 1.74. The summed E-state index contributed by atoms with van der Waals surface area (Å²) in [6, 6.07) is 8.26. The third kappa shape index (κ3) is 3.03. The third-order valence-electron chi connectivity index (χ3n) is 2.55. The molecule has 0 unspecified atom stereocenters. The Balaban J connectivity index is 2.33. The van der Waals surface area contributed by atoms with Crippen molar-refractivity contribution < 1.29 is 19.0 Å². The van der Waals surface area contributed by atoms with E-state index < -0.39 is 11.8 Å². The summed E-state index contributed by atoms with van der Waals surface area (Å²) in [6.45, 7) is 1.77. The van der Waals surface area contributed by atoms with E-state index in [1.54, 1.807) is 13.0 Å². The van der Waals surface area contributed by atoms with Crippen molar-refractivity contribution in [1.29, 1.82) is 0 Å². The molecule has 0 amide bonds. The molecule has 3 nitrogen and oxygen atoms in total. The highest BCUT2D eigenvalue weighted by Crippen LogP contribution is 2.32. The van der Waals surface area contributed by atoms with Crippen molar-refractivity contribution in [2.45, 2.75) is 6.92 Å². The number of ether oxygens (including phenoxy) is 1. The van der Waals surface area contributed by atoms with Crippen LogP contribution in [-0.4, -0.2) is 11.1 Å². The lowest BCUT2D eigenvalue weighted by Crippen LogP contribution is -1.96. The highest BCUT2D eigenvalue weighted by Gasteiger charge is 2.10. The van der Waals surface area contributed by atoms with Gasteiger partial charge in [0, 0.05) is 6.07 Å². The van der Waals surface area contributed by atoms with Crippen LogP contribution in [0.2, 0.25) is 5.02 Å². The molecule has 0 aliphatic rings. The Morgan fingerprint density at radius 3 is 2.58 bits per heavy atom. The summed E-state index contributed by atoms with van der Waals surface area (Å²) in [5.41, 5.74) is 0.813. The molecule has 98 valence electrons. The summed E-state index contributed by atoms with van der Waals surface area (Å²) >= 11 is 5.93. The molecule has 0 spiro atoms. The van der Waals surface area contributed by atoms with Crippen LogP contribution in [0.4, 0.5) is 4.39 Å². The van der Waals surface area contributed by atoms with Crippen LogP contribution in [0.1, 0.15) is 15.9 Å². The number of hydrogen-bond acceptors (Lipinski definition) is 2. The van der Waals surface area contributed by atoms with Gasteiger partial charge in [0.2, 0.25) is 0 Å². The Hall–Kier alpha value is -2.07. The van der Waals surface area contributed by atoms with Crippen LogP contribution in [0.3, 0.4) is 0 Å². The minimum atomic E-state index is -1.07. The molecule has 0 heterocycles. The molecule has 5 heteroatoms. The Kier molecular flexibility index (Phi) is 3.71. The number of carbonyl (C=O) groups is 1. The van der Waals surface area contributed by atoms with Crippen LogP contribution in [0.15, 0.2) is 36.4 Å². The summed E-state index contributed by atoms with van der Waals surface area (Å²) in [5.74, 6) is -0.875. The van der Waals surface area contributed by atoms with Crippen molar-refractivity contribution in [2.24, 2.45) is 0 Å². The zero-order valence-electron chi connectivity index (χ0n) is 9.98. The number of rotatable bonds is 3. The molecule has 0 aromatic heterocycles. The fraction of sp³-hybridized carbons (Fsp3) is 0.0714. The van der Waals surface area contributed by atoms with E-state index in [9.17, 15) is 9.18 Å². The standard InChI is InChI=1S/C14H10ClFO3/c1-8-2-4-10(16)7-13(8)19-12-5-3-9(14(17)18)6-11(12)15/h2-7H,1H3,(H,17,18). The Bertz CT molecular complexity index is 641. The predicted molar refractivity (Wildman–Crippen MR) is 69.6 cm³/mol. The highest BCUT2D eigenvalue weighted by molar-refractivity contribution is 6.32. The fourth-order valence-electron chi connectivity index (χ4n) is 1.52. The number of hydrogen-bond donors (Lipinski definition) is 1. The van der Waals surface area contributed by atoms with E-state index in [0.29, 0.717) is 5.75 Å². The summed E-state index contributed by atoms with van der Waals surface area (Å²) < 4.78 is 18.6. The Labute approximate surface area is 114 Å². The van der Waals surface area contributed by atoms with Crippen LogP contribution in [0, 0.1) is 12.7 Å². The molecule has 0 radical (unpaired) electrons. The second kappa shape index (κ2) is 5.28. The zero-order chi connectivity index (χ0) is 14.0. The first-order valence-corrected chi connectivity index (χ1v) is 5.82. The van der Waals surface area contributed by atoms with Gasteiger partial charge in [-0.1, -0.05) is 17.7 Å². The molecule has 0 saturated heterocycles. The minimum absolute atomic E-state index is 0.0633. The van der Waals surface area contributed by atoms with Crippen molar-refractivity contribution in [2.75, 3.05) is 0 Å². The molecule has 0 fully saturated rings. The van der Waals surface area contributed by atoms with Crippen molar-refractivity contribution in [3.63, 3.8) is 0 Å². The second-order valence-electron chi connectivity index (χ2n) is 3.96. The van der Waals surface area contributed by atoms with Crippen LogP contribution in [-0.2, 0) is 0 Å². The quantitative estimate of drug-likeness (QED) is 0.913. The van der Waals surface area contributed by atoms with Gasteiger partial charge in [0.25, 0.3) is 0 Å². The maximum atomic E-state index is 13.1. The molecule has 1 N–H and O–H groups in total. The number of halogens is 2. The third-order valence-corrected chi connectivity index (χ3v) is 2.84. The van der Waals surface area contributed by atoms with E-state index in [2.05, 4.69) is 0 Å². The minimum Gasteiger partial charge on any atom is -0.478 e. The maximum absolute atomic E-state index is 13.1. The van der Waals surface area contributed by atoms with Gasteiger partial charge in [-0.2, -0.15) is 0 Å². The van der Waals surface area contributed by atoms with Gasteiger partial charge >= 0.3 is 5.97 Å². The van der Waals surface area contributed by atoms with Gasteiger partial charge < -0.3 is 9.84 Å². The van der Waals surface area contributed by atoms with Crippen molar-refractivity contribution >= 4 is 17.6 Å². The molecule has 19 heavy (non-hydrogen) atoms. The van der Waals surface area contributed by atoms with E-state index in [4.69, 9.17) is 21.4 Å². The average Bonchev–Trinajstić information content (AvgIpc) is 2.36. The normalized spacial score (nSPS) is 10.3. The molecule has 0 aliphatic heterocycles. The largest absolute Gasteiger partial charge is 0.478 e. The number of carboxylic acid groups (broad SMARTS) is 1. The lowest BCUT2D eigenvalue weighted by atomic mass is 10.2. The van der Waals surface area contributed by atoms with Crippen LogP contribution < -0.4 is 4.74 Å². The van der Waals surface area contributed by atoms with Gasteiger partial charge in [-0.25, -0.2) is 9.18 Å². The average molecular weight is 281 g/mol.